The second-order valence-electron chi connectivity index (χ2n) is 7.44. The maximum Gasteiger partial charge on any atom is 0.253 e. The van der Waals surface area contributed by atoms with Crippen LogP contribution < -0.4 is 10.5 Å². The maximum absolute atomic E-state index is 12.3. The molecule has 156 valence electrons. The van der Waals surface area contributed by atoms with E-state index >= 15 is 0 Å². The van der Waals surface area contributed by atoms with E-state index in [2.05, 4.69) is 4.57 Å². The molecule has 3 aromatic rings. The molecule has 0 saturated heterocycles. The van der Waals surface area contributed by atoms with Crippen LogP contribution in [-0.2, 0) is 11.2 Å². The molecule has 1 aromatic heterocycles. The number of nitrogens with two attached hydrogens (primary N) is 1. The van der Waals surface area contributed by atoms with E-state index in [1.165, 1.54) is 0 Å². The summed E-state index contributed by atoms with van der Waals surface area (Å²) in [6.07, 6.45) is 0.797. The van der Waals surface area contributed by atoms with Gasteiger partial charge in [0.2, 0.25) is 5.91 Å². The monoisotopic (exact) mass is 405 g/mol. The molecule has 0 spiro atoms. The van der Waals surface area contributed by atoms with E-state index in [1.807, 2.05) is 61.5 Å². The van der Waals surface area contributed by atoms with Gasteiger partial charge >= 0.3 is 0 Å². The van der Waals surface area contributed by atoms with E-state index in [0.717, 1.165) is 34.0 Å². The fourth-order valence-electron chi connectivity index (χ4n) is 3.49. The highest BCUT2D eigenvalue weighted by Gasteiger charge is 2.16. The van der Waals surface area contributed by atoms with E-state index in [0.29, 0.717) is 12.0 Å². The largest absolute Gasteiger partial charge is 0.497 e. The molecule has 0 atom stereocenters. The van der Waals surface area contributed by atoms with Crippen molar-refractivity contribution < 1.29 is 14.3 Å². The molecule has 0 unspecified atom stereocenters. The predicted molar refractivity (Wildman–Crippen MR) is 118 cm³/mol. The molecule has 6 heteroatoms. The van der Waals surface area contributed by atoms with Crippen LogP contribution in [0.1, 0.15) is 28.0 Å². The molecule has 0 radical (unpaired) electrons. The molecule has 3 rings (SSSR count). The summed E-state index contributed by atoms with van der Waals surface area (Å²) >= 11 is 0. The van der Waals surface area contributed by atoms with Gasteiger partial charge in [-0.3, -0.25) is 9.59 Å². The third-order valence-electron chi connectivity index (χ3n) is 5.07. The average Bonchev–Trinajstić information content (AvgIpc) is 3.15. The standard InChI is InChI=1S/C24H27N3O3/c1-16-15-18(24(29)26(2)3)7-12-21(16)27-19(9-14-23(25)28)8-13-22(27)17-5-10-20(30-4)11-6-17/h5-8,10-13,15H,9,14H2,1-4H3,(H2,25,28). The number of ether oxygens (including phenoxy) is 1. The average molecular weight is 405 g/mol. The Morgan fingerprint density at radius 2 is 1.73 bits per heavy atom. The molecule has 2 aromatic carbocycles. The second kappa shape index (κ2) is 8.86. The zero-order chi connectivity index (χ0) is 21.8. The van der Waals surface area contributed by atoms with Crippen molar-refractivity contribution >= 4 is 11.8 Å². The van der Waals surface area contributed by atoms with Crippen molar-refractivity contribution in [2.24, 2.45) is 5.73 Å². The summed E-state index contributed by atoms with van der Waals surface area (Å²) in [5.41, 5.74) is 10.9. The van der Waals surface area contributed by atoms with Crippen molar-refractivity contribution in [2.45, 2.75) is 19.8 Å². The van der Waals surface area contributed by atoms with Crippen LogP contribution in [0.4, 0.5) is 0 Å². The third-order valence-corrected chi connectivity index (χ3v) is 5.07. The number of aromatic nitrogens is 1. The number of amides is 2. The van der Waals surface area contributed by atoms with Crippen LogP contribution in [0.3, 0.4) is 0 Å². The van der Waals surface area contributed by atoms with Gasteiger partial charge in [-0.2, -0.15) is 0 Å². The zero-order valence-corrected chi connectivity index (χ0v) is 17.8. The molecule has 0 aliphatic carbocycles. The van der Waals surface area contributed by atoms with E-state index in [4.69, 9.17) is 10.5 Å². The second-order valence-corrected chi connectivity index (χ2v) is 7.44. The number of methoxy groups -OCH3 is 1. The molecule has 0 aliphatic rings. The minimum atomic E-state index is -0.336. The van der Waals surface area contributed by atoms with Crippen LogP contribution in [0.25, 0.3) is 16.9 Å². The van der Waals surface area contributed by atoms with Gasteiger partial charge in [0.15, 0.2) is 0 Å². The van der Waals surface area contributed by atoms with Gasteiger partial charge in [0.1, 0.15) is 5.75 Å². The first-order valence-corrected chi connectivity index (χ1v) is 9.78. The van der Waals surface area contributed by atoms with E-state index in [9.17, 15) is 9.59 Å². The Hall–Kier alpha value is -3.54. The molecule has 2 N–H and O–H groups in total. The number of benzene rings is 2. The van der Waals surface area contributed by atoms with Crippen molar-refractivity contribution in [3.63, 3.8) is 0 Å². The number of nitrogens with zero attached hydrogens (tertiary/aromatic N) is 2. The van der Waals surface area contributed by atoms with Crippen molar-refractivity contribution in [1.82, 2.24) is 9.47 Å². The lowest BCUT2D eigenvalue weighted by atomic mass is 10.1. The third kappa shape index (κ3) is 4.38. The SMILES string of the molecule is COc1ccc(-c2ccc(CCC(N)=O)n2-c2ccc(C(=O)N(C)C)cc2C)cc1. The van der Waals surface area contributed by atoms with Gasteiger partial charge in [0.25, 0.3) is 5.91 Å². The Labute approximate surface area is 176 Å². The molecule has 0 aliphatic heterocycles. The fraction of sp³-hybridized carbons (Fsp3) is 0.250. The number of carbonyl (C=O) groups excluding carboxylic acids is 2. The van der Waals surface area contributed by atoms with Gasteiger partial charge < -0.3 is 19.9 Å². The highest BCUT2D eigenvalue weighted by Crippen LogP contribution is 2.30. The van der Waals surface area contributed by atoms with E-state index in [1.54, 1.807) is 26.1 Å². The quantitative estimate of drug-likeness (QED) is 0.653. The van der Waals surface area contributed by atoms with E-state index in [-0.39, 0.29) is 18.2 Å². The maximum atomic E-state index is 12.3. The smallest absolute Gasteiger partial charge is 0.253 e. The molecular weight excluding hydrogens is 378 g/mol. The van der Waals surface area contributed by atoms with Gasteiger partial charge in [-0.05, 0) is 79.1 Å². The molecule has 30 heavy (non-hydrogen) atoms. The van der Waals surface area contributed by atoms with Crippen LogP contribution in [0.2, 0.25) is 0 Å². The Kier molecular flexibility index (Phi) is 6.26. The number of hydrogen-bond donors (Lipinski definition) is 1. The van der Waals surface area contributed by atoms with Crippen LogP contribution in [0.15, 0.2) is 54.6 Å². The van der Waals surface area contributed by atoms with Gasteiger partial charge in [-0.15, -0.1) is 0 Å². The molecule has 0 fully saturated rings. The van der Waals surface area contributed by atoms with E-state index < -0.39 is 0 Å². The van der Waals surface area contributed by atoms with Gasteiger partial charge in [-0.1, -0.05) is 0 Å². The summed E-state index contributed by atoms with van der Waals surface area (Å²) < 4.78 is 7.40. The lowest BCUT2D eigenvalue weighted by Gasteiger charge is -2.18. The minimum absolute atomic E-state index is 0.0403. The van der Waals surface area contributed by atoms with Gasteiger partial charge in [-0.25, -0.2) is 0 Å². The molecule has 0 bridgehead atoms. The summed E-state index contributed by atoms with van der Waals surface area (Å²) in [7, 11) is 5.11. The fourth-order valence-corrected chi connectivity index (χ4v) is 3.49. The Morgan fingerprint density at radius 3 is 2.30 bits per heavy atom. The van der Waals surface area contributed by atoms with Crippen LogP contribution >= 0.6 is 0 Å². The van der Waals surface area contributed by atoms with Crippen molar-refractivity contribution in [2.75, 3.05) is 21.2 Å². The number of rotatable bonds is 7. The Balaban J connectivity index is 2.11. The molecule has 2 amide bonds. The summed E-state index contributed by atoms with van der Waals surface area (Å²) in [5, 5.41) is 0. The number of carbonyl (C=O) groups is 2. The summed E-state index contributed by atoms with van der Waals surface area (Å²) in [6.45, 7) is 1.98. The first-order chi connectivity index (χ1) is 14.3. The van der Waals surface area contributed by atoms with Gasteiger partial charge in [0.05, 0.1) is 12.8 Å². The van der Waals surface area contributed by atoms with Crippen molar-refractivity contribution in [3.8, 4) is 22.7 Å². The summed E-state index contributed by atoms with van der Waals surface area (Å²) in [6, 6.07) is 17.6. The zero-order valence-electron chi connectivity index (χ0n) is 17.8. The summed E-state index contributed by atoms with van der Waals surface area (Å²) in [4.78, 5) is 25.3. The normalized spacial score (nSPS) is 10.7. The number of aryl methyl sites for hydroxylation is 2. The van der Waals surface area contributed by atoms with Gasteiger partial charge in [0, 0.05) is 37.5 Å². The van der Waals surface area contributed by atoms with Crippen LogP contribution in [0.5, 0.6) is 5.75 Å². The Bertz CT molecular complexity index is 1070. The predicted octanol–water partition coefficient (Wildman–Crippen LogP) is 3.58. The van der Waals surface area contributed by atoms with Crippen molar-refractivity contribution in [1.29, 1.82) is 0 Å². The topological polar surface area (TPSA) is 77.6 Å². The lowest BCUT2D eigenvalue weighted by molar-refractivity contribution is -0.118. The van der Waals surface area contributed by atoms with Crippen molar-refractivity contribution in [3.05, 3.63) is 71.4 Å². The molecule has 0 saturated carbocycles. The number of hydrogen-bond acceptors (Lipinski definition) is 3. The lowest BCUT2D eigenvalue weighted by Crippen LogP contribution is -2.21. The highest BCUT2D eigenvalue weighted by molar-refractivity contribution is 5.94. The minimum Gasteiger partial charge on any atom is -0.497 e. The molecule has 6 nitrogen and oxygen atoms in total. The highest BCUT2D eigenvalue weighted by atomic mass is 16.5. The Morgan fingerprint density at radius 1 is 1.03 bits per heavy atom. The summed E-state index contributed by atoms with van der Waals surface area (Å²) in [5.74, 6) is 0.410. The van der Waals surface area contributed by atoms with Crippen LogP contribution in [0, 0.1) is 6.92 Å². The molecular formula is C24H27N3O3. The molecule has 1 heterocycles. The first kappa shape index (κ1) is 21.2. The number of primary amides is 1. The first-order valence-electron chi connectivity index (χ1n) is 9.78. The van der Waals surface area contributed by atoms with Crippen LogP contribution in [-0.4, -0.2) is 42.5 Å².